The van der Waals surface area contributed by atoms with E-state index < -0.39 is 11.8 Å². The fourth-order valence-corrected chi connectivity index (χ4v) is 3.99. The lowest BCUT2D eigenvalue weighted by atomic mass is 9.72. The van der Waals surface area contributed by atoms with Gasteiger partial charge in [0, 0.05) is 5.02 Å². The van der Waals surface area contributed by atoms with Crippen LogP contribution in [-0.4, -0.2) is 25.0 Å². The van der Waals surface area contributed by atoms with E-state index in [0.29, 0.717) is 16.5 Å². The predicted octanol–water partition coefficient (Wildman–Crippen LogP) is 5.31. The first kappa shape index (κ1) is 25.8. The largest absolute Gasteiger partial charge is 0.484 e. The summed E-state index contributed by atoms with van der Waals surface area (Å²) in [6, 6.07) is 12.4. The van der Waals surface area contributed by atoms with Gasteiger partial charge in [0.05, 0.1) is 5.02 Å². The molecule has 32 heavy (non-hydrogen) atoms. The minimum Gasteiger partial charge on any atom is -0.484 e. The SMILES string of the molecule is CC(C)(C)CC(C)(C)c1ccc(OCC(=O)NNC(=O)COc2ccc(Cl)cc2Cl)cc1. The molecule has 2 rings (SSSR count). The van der Waals surface area contributed by atoms with Crippen LogP contribution < -0.4 is 20.3 Å². The molecular formula is C24H30Cl2N2O4. The van der Waals surface area contributed by atoms with E-state index in [-0.39, 0.29) is 29.1 Å². The lowest BCUT2D eigenvalue weighted by molar-refractivity contribution is -0.131. The van der Waals surface area contributed by atoms with Crippen LogP contribution in [0.5, 0.6) is 11.5 Å². The fraction of sp³-hybridized carbons (Fsp3) is 0.417. The number of ether oxygens (including phenoxy) is 2. The van der Waals surface area contributed by atoms with Gasteiger partial charge in [-0.3, -0.25) is 20.4 Å². The molecule has 2 amide bonds. The average Bonchev–Trinajstić information content (AvgIpc) is 2.68. The number of hydrazine groups is 1. The highest BCUT2D eigenvalue weighted by Gasteiger charge is 2.27. The molecule has 0 aliphatic rings. The summed E-state index contributed by atoms with van der Waals surface area (Å²) in [5, 5.41) is 0.748. The van der Waals surface area contributed by atoms with Gasteiger partial charge in [-0.25, -0.2) is 0 Å². The first-order valence-electron chi connectivity index (χ1n) is 10.2. The Hall–Kier alpha value is -2.44. The lowest BCUT2D eigenvalue weighted by Gasteiger charge is -2.33. The van der Waals surface area contributed by atoms with Crippen molar-refractivity contribution in [2.45, 2.75) is 46.5 Å². The first-order chi connectivity index (χ1) is 14.9. The maximum atomic E-state index is 11.9. The lowest BCUT2D eigenvalue weighted by Crippen LogP contribution is -2.45. The molecule has 0 aromatic heterocycles. The third-order valence-corrected chi connectivity index (χ3v) is 5.10. The third-order valence-electron chi connectivity index (χ3n) is 4.57. The third kappa shape index (κ3) is 8.60. The zero-order valence-electron chi connectivity index (χ0n) is 19.1. The summed E-state index contributed by atoms with van der Waals surface area (Å²) < 4.78 is 10.8. The number of nitrogens with one attached hydrogen (secondary N) is 2. The molecule has 8 heteroatoms. The average molecular weight is 481 g/mol. The number of halogens is 2. The Morgan fingerprint density at radius 2 is 1.41 bits per heavy atom. The van der Waals surface area contributed by atoms with Gasteiger partial charge in [-0.2, -0.15) is 0 Å². The van der Waals surface area contributed by atoms with Gasteiger partial charge >= 0.3 is 0 Å². The minimum absolute atomic E-state index is 0.0246. The Kier molecular flexibility index (Phi) is 8.81. The van der Waals surface area contributed by atoms with E-state index in [1.165, 1.54) is 11.6 Å². The van der Waals surface area contributed by atoms with E-state index in [4.69, 9.17) is 32.7 Å². The number of hydrogen-bond donors (Lipinski definition) is 2. The maximum absolute atomic E-state index is 11.9. The molecule has 6 nitrogen and oxygen atoms in total. The molecular weight excluding hydrogens is 451 g/mol. The van der Waals surface area contributed by atoms with Gasteiger partial charge in [0.1, 0.15) is 11.5 Å². The number of carbonyl (C=O) groups is 2. The van der Waals surface area contributed by atoms with Crippen molar-refractivity contribution in [2.24, 2.45) is 5.41 Å². The van der Waals surface area contributed by atoms with Crippen molar-refractivity contribution < 1.29 is 19.1 Å². The first-order valence-corrected chi connectivity index (χ1v) is 11.0. The summed E-state index contributed by atoms with van der Waals surface area (Å²) in [5.74, 6) is -0.160. The van der Waals surface area contributed by atoms with Crippen molar-refractivity contribution >= 4 is 35.0 Å². The van der Waals surface area contributed by atoms with Crippen LogP contribution in [0.25, 0.3) is 0 Å². The van der Waals surface area contributed by atoms with E-state index in [1.807, 2.05) is 24.3 Å². The summed E-state index contributed by atoms with van der Waals surface area (Å²) in [6.07, 6.45) is 1.04. The highest BCUT2D eigenvalue weighted by Crippen LogP contribution is 2.36. The second kappa shape index (κ2) is 10.9. The molecule has 0 aliphatic heterocycles. The minimum atomic E-state index is -0.546. The Labute approximate surface area is 199 Å². The van der Waals surface area contributed by atoms with Crippen molar-refractivity contribution in [3.8, 4) is 11.5 Å². The molecule has 2 aromatic carbocycles. The van der Waals surface area contributed by atoms with Crippen LogP contribution in [0.4, 0.5) is 0 Å². The summed E-state index contributed by atoms with van der Waals surface area (Å²) in [5.41, 5.74) is 5.98. The van der Waals surface area contributed by atoms with Gasteiger partial charge in [-0.05, 0) is 53.1 Å². The maximum Gasteiger partial charge on any atom is 0.276 e. The van der Waals surface area contributed by atoms with E-state index in [2.05, 4.69) is 45.5 Å². The summed E-state index contributed by atoms with van der Waals surface area (Å²) >= 11 is 11.8. The van der Waals surface area contributed by atoms with Gasteiger partial charge in [-0.1, -0.05) is 70.0 Å². The van der Waals surface area contributed by atoms with Gasteiger partial charge in [0.2, 0.25) is 0 Å². The number of carbonyl (C=O) groups excluding carboxylic acids is 2. The van der Waals surface area contributed by atoms with Crippen LogP contribution in [0.15, 0.2) is 42.5 Å². The molecule has 0 fully saturated rings. The van der Waals surface area contributed by atoms with Crippen LogP contribution in [0, 0.1) is 5.41 Å². The van der Waals surface area contributed by atoms with Crippen molar-refractivity contribution in [2.75, 3.05) is 13.2 Å². The zero-order valence-corrected chi connectivity index (χ0v) is 20.6. The van der Waals surface area contributed by atoms with Crippen LogP contribution in [-0.2, 0) is 15.0 Å². The zero-order chi connectivity index (χ0) is 23.9. The van der Waals surface area contributed by atoms with Gasteiger partial charge in [0.25, 0.3) is 11.8 Å². The molecule has 0 bridgehead atoms. The highest BCUT2D eigenvalue weighted by molar-refractivity contribution is 6.35. The number of amides is 2. The fourth-order valence-electron chi connectivity index (χ4n) is 3.53. The Morgan fingerprint density at radius 1 is 0.844 bits per heavy atom. The van der Waals surface area contributed by atoms with Crippen LogP contribution in [0.1, 0.15) is 46.6 Å². The molecule has 0 aliphatic carbocycles. The van der Waals surface area contributed by atoms with E-state index in [1.54, 1.807) is 12.1 Å². The van der Waals surface area contributed by atoms with Gasteiger partial charge < -0.3 is 9.47 Å². The van der Waals surface area contributed by atoms with Crippen LogP contribution in [0.3, 0.4) is 0 Å². The van der Waals surface area contributed by atoms with E-state index in [9.17, 15) is 9.59 Å². The smallest absolute Gasteiger partial charge is 0.276 e. The Morgan fingerprint density at radius 3 is 1.94 bits per heavy atom. The summed E-state index contributed by atoms with van der Waals surface area (Å²) in [4.78, 5) is 23.8. The van der Waals surface area contributed by atoms with Crippen LogP contribution >= 0.6 is 23.2 Å². The van der Waals surface area contributed by atoms with Crippen LogP contribution in [0.2, 0.25) is 10.0 Å². The van der Waals surface area contributed by atoms with Crippen molar-refractivity contribution in [3.05, 3.63) is 58.1 Å². The van der Waals surface area contributed by atoms with Crippen molar-refractivity contribution in [1.29, 1.82) is 0 Å². The quantitative estimate of drug-likeness (QED) is 0.501. The van der Waals surface area contributed by atoms with Crippen molar-refractivity contribution in [3.63, 3.8) is 0 Å². The highest BCUT2D eigenvalue weighted by atomic mass is 35.5. The predicted molar refractivity (Wildman–Crippen MR) is 127 cm³/mol. The second-order valence-electron chi connectivity index (χ2n) is 9.39. The van der Waals surface area contributed by atoms with Gasteiger partial charge in [0.15, 0.2) is 13.2 Å². The standard InChI is InChI=1S/C24H30Cl2N2O4/c1-23(2,3)15-24(4,5)16-6-9-18(10-7-16)31-13-21(29)27-28-22(30)14-32-20-11-8-17(25)12-19(20)26/h6-12H,13-15H2,1-5H3,(H,27,29)(H,28,30). The molecule has 0 atom stereocenters. The normalized spacial score (nSPS) is 11.6. The Bertz CT molecular complexity index is 938. The number of hydrogen-bond acceptors (Lipinski definition) is 4. The summed E-state index contributed by atoms with van der Waals surface area (Å²) in [7, 11) is 0. The molecule has 0 spiro atoms. The molecule has 2 N–H and O–H groups in total. The summed E-state index contributed by atoms with van der Waals surface area (Å²) in [6.45, 7) is 10.5. The molecule has 0 saturated heterocycles. The monoisotopic (exact) mass is 480 g/mol. The molecule has 0 heterocycles. The van der Waals surface area contributed by atoms with E-state index >= 15 is 0 Å². The topological polar surface area (TPSA) is 76.7 Å². The molecule has 0 radical (unpaired) electrons. The number of rotatable bonds is 8. The van der Waals surface area contributed by atoms with Gasteiger partial charge in [-0.15, -0.1) is 0 Å². The van der Waals surface area contributed by atoms with Crippen molar-refractivity contribution in [1.82, 2.24) is 10.9 Å². The Balaban J connectivity index is 1.75. The molecule has 2 aromatic rings. The van der Waals surface area contributed by atoms with E-state index in [0.717, 1.165) is 6.42 Å². The number of benzene rings is 2. The molecule has 0 saturated carbocycles. The molecule has 0 unspecified atom stereocenters. The second-order valence-corrected chi connectivity index (χ2v) is 10.2. The molecule has 174 valence electrons.